The van der Waals surface area contributed by atoms with Crippen molar-refractivity contribution in [3.05, 3.63) is 0 Å². The van der Waals surface area contributed by atoms with Gasteiger partial charge in [0.1, 0.15) is 6.04 Å². The normalized spacial score (nSPS) is 22.5. The molecular formula is C11H18F3NO2. The van der Waals surface area contributed by atoms with Crippen LogP contribution in [0.2, 0.25) is 0 Å². The van der Waals surface area contributed by atoms with Crippen LogP contribution in [0.3, 0.4) is 0 Å². The molecule has 3 nitrogen and oxygen atoms in total. The lowest BCUT2D eigenvalue weighted by atomic mass is 10.0. The molecule has 17 heavy (non-hydrogen) atoms. The smallest absolute Gasteiger partial charge is 0.390 e. The Morgan fingerprint density at radius 3 is 2.71 bits per heavy atom. The highest BCUT2D eigenvalue weighted by Crippen LogP contribution is 2.24. The van der Waals surface area contributed by atoms with Gasteiger partial charge in [-0.15, -0.1) is 0 Å². The second-order valence-electron chi connectivity index (χ2n) is 4.16. The molecule has 0 aromatic heterocycles. The maximum absolute atomic E-state index is 12.1. The van der Waals surface area contributed by atoms with E-state index in [0.717, 1.165) is 12.8 Å². The topological polar surface area (TPSA) is 29.5 Å². The SMILES string of the molecule is CCOC(=O)C1CCCCN1CCC(F)(F)F. The number of halogens is 3. The van der Waals surface area contributed by atoms with Crippen molar-refractivity contribution in [3.63, 3.8) is 0 Å². The molecule has 1 aliphatic heterocycles. The summed E-state index contributed by atoms with van der Waals surface area (Å²) in [6.45, 7) is 2.38. The van der Waals surface area contributed by atoms with Gasteiger partial charge in [0, 0.05) is 6.54 Å². The number of hydrogen-bond donors (Lipinski definition) is 0. The zero-order valence-electron chi connectivity index (χ0n) is 9.92. The van der Waals surface area contributed by atoms with Crippen LogP contribution >= 0.6 is 0 Å². The van der Waals surface area contributed by atoms with Crippen LogP contribution in [0.15, 0.2) is 0 Å². The predicted octanol–water partition coefficient (Wildman–Crippen LogP) is 2.36. The van der Waals surface area contributed by atoms with Gasteiger partial charge in [0.15, 0.2) is 0 Å². The summed E-state index contributed by atoms with van der Waals surface area (Å²) in [4.78, 5) is 13.2. The summed E-state index contributed by atoms with van der Waals surface area (Å²) in [6, 6.07) is -0.494. The Labute approximate surface area is 98.9 Å². The molecule has 0 bridgehead atoms. The first-order valence-corrected chi connectivity index (χ1v) is 5.91. The lowest BCUT2D eigenvalue weighted by molar-refractivity contribution is -0.156. The van der Waals surface area contributed by atoms with Crippen LogP contribution in [0, 0.1) is 0 Å². The highest BCUT2D eigenvalue weighted by molar-refractivity contribution is 5.75. The lowest BCUT2D eigenvalue weighted by Gasteiger charge is -2.34. The van der Waals surface area contributed by atoms with E-state index in [2.05, 4.69) is 0 Å². The van der Waals surface area contributed by atoms with Crippen molar-refractivity contribution in [2.75, 3.05) is 19.7 Å². The van der Waals surface area contributed by atoms with Crippen LogP contribution in [0.4, 0.5) is 13.2 Å². The molecule has 1 atom stereocenters. The molecule has 6 heteroatoms. The summed E-state index contributed by atoms with van der Waals surface area (Å²) in [5.41, 5.74) is 0. The Morgan fingerprint density at radius 1 is 1.41 bits per heavy atom. The van der Waals surface area contributed by atoms with E-state index in [4.69, 9.17) is 4.74 Å². The molecule has 1 aliphatic rings. The van der Waals surface area contributed by atoms with Gasteiger partial charge in [-0.2, -0.15) is 13.2 Å². The Bertz CT molecular complexity index is 256. The van der Waals surface area contributed by atoms with Crippen LogP contribution in [0.5, 0.6) is 0 Å². The van der Waals surface area contributed by atoms with Crippen LogP contribution in [0.25, 0.3) is 0 Å². The number of hydrogen-bond acceptors (Lipinski definition) is 3. The predicted molar refractivity (Wildman–Crippen MR) is 56.5 cm³/mol. The van der Waals surface area contributed by atoms with Gasteiger partial charge in [-0.1, -0.05) is 6.42 Å². The van der Waals surface area contributed by atoms with E-state index in [0.29, 0.717) is 13.0 Å². The number of alkyl halides is 3. The van der Waals surface area contributed by atoms with Crippen molar-refractivity contribution in [2.45, 2.75) is 44.8 Å². The number of ether oxygens (including phenoxy) is 1. The van der Waals surface area contributed by atoms with E-state index in [1.165, 1.54) is 0 Å². The molecule has 0 radical (unpaired) electrons. The largest absolute Gasteiger partial charge is 0.465 e. The Balaban J connectivity index is 2.50. The average Bonchev–Trinajstić information content (AvgIpc) is 2.26. The monoisotopic (exact) mass is 253 g/mol. The molecule has 0 spiro atoms. The molecule has 0 saturated carbocycles. The van der Waals surface area contributed by atoms with Gasteiger partial charge < -0.3 is 4.74 Å². The molecule has 100 valence electrons. The summed E-state index contributed by atoms with van der Waals surface area (Å²) in [7, 11) is 0. The fourth-order valence-corrected chi connectivity index (χ4v) is 2.03. The summed E-state index contributed by atoms with van der Waals surface area (Å²) in [5.74, 6) is -0.394. The van der Waals surface area contributed by atoms with E-state index in [1.54, 1.807) is 11.8 Å². The van der Waals surface area contributed by atoms with Gasteiger partial charge in [0.05, 0.1) is 13.0 Å². The van der Waals surface area contributed by atoms with Gasteiger partial charge >= 0.3 is 12.1 Å². The molecule has 0 N–H and O–H groups in total. The number of likely N-dealkylation sites (tertiary alicyclic amines) is 1. The van der Waals surface area contributed by atoms with E-state index >= 15 is 0 Å². The standard InChI is InChI=1S/C11H18F3NO2/c1-2-17-10(16)9-5-3-4-7-15(9)8-6-11(12,13)14/h9H,2-8H2,1H3. The first kappa shape index (κ1) is 14.3. The summed E-state index contributed by atoms with van der Waals surface area (Å²) in [6.07, 6.45) is -2.74. The van der Waals surface area contributed by atoms with Crippen LogP contribution in [0.1, 0.15) is 32.6 Å². The van der Waals surface area contributed by atoms with Crippen molar-refractivity contribution in [1.82, 2.24) is 4.90 Å². The van der Waals surface area contributed by atoms with Crippen molar-refractivity contribution < 1.29 is 22.7 Å². The minimum absolute atomic E-state index is 0.118. The minimum atomic E-state index is -4.17. The second-order valence-corrected chi connectivity index (χ2v) is 4.16. The maximum atomic E-state index is 12.1. The number of rotatable bonds is 4. The maximum Gasteiger partial charge on any atom is 0.390 e. The van der Waals surface area contributed by atoms with E-state index in [1.807, 2.05) is 0 Å². The first-order chi connectivity index (χ1) is 7.94. The highest BCUT2D eigenvalue weighted by Gasteiger charge is 2.33. The number of nitrogens with zero attached hydrogens (tertiary/aromatic N) is 1. The average molecular weight is 253 g/mol. The molecule has 1 unspecified atom stereocenters. The Hall–Kier alpha value is -0.780. The molecule has 1 fully saturated rings. The van der Waals surface area contributed by atoms with Gasteiger partial charge in [0.2, 0.25) is 0 Å². The summed E-state index contributed by atoms with van der Waals surface area (Å²) >= 11 is 0. The van der Waals surface area contributed by atoms with Gasteiger partial charge in [0.25, 0.3) is 0 Å². The van der Waals surface area contributed by atoms with E-state index in [-0.39, 0.29) is 13.2 Å². The molecule has 0 aliphatic carbocycles. The molecule has 0 aromatic carbocycles. The third-order valence-electron chi connectivity index (χ3n) is 2.85. The second kappa shape index (κ2) is 6.23. The molecular weight excluding hydrogens is 235 g/mol. The van der Waals surface area contributed by atoms with Gasteiger partial charge in [-0.05, 0) is 26.3 Å². The van der Waals surface area contributed by atoms with Crippen molar-refractivity contribution >= 4 is 5.97 Å². The summed E-state index contributed by atoms with van der Waals surface area (Å²) in [5, 5.41) is 0. The first-order valence-electron chi connectivity index (χ1n) is 5.91. The van der Waals surface area contributed by atoms with Crippen molar-refractivity contribution in [3.8, 4) is 0 Å². The third kappa shape index (κ3) is 4.93. The van der Waals surface area contributed by atoms with Crippen LogP contribution in [-0.4, -0.2) is 42.8 Å². The number of esters is 1. The number of carbonyl (C=O) groups is 1. The highest BCUT2D eigenvalue weighted by atomic mass is 19.4. The van der Waals surface area contributed by atoms with Crippen molar-refractivity contribution in [1.29, 1.82) is 0 Å². The molecule has 0 aromatic rings. The molecule has 0 amide bonds. The van der Waals surface area contributed by atoms with Crippen LogP contribution in [-0.2, 0) is 9.53 Å². The van der Waals surface area contributed by atoms with Crippen molar-refractivity contribution in [2.24, 2.45) is 0 Å². The third-order valence-corrected chi connectivity index (χ3v) is 2.85. The molecule has 1 rings (SSSR count). The lowest BCUT2D eigenvalue weighted by Crippen LogP contribution is -2.46. The van der Waals surface area contributed by atoms with E-state index < -0.39 is 24.6 Å². The zero-order valence-corrected chi connectivity index (χ0v) is 9.92. The zero-order chi connectivity index (χ0) is 12.9. The summed E-state index contributed by atoms with van der Waals surface area (Å²) < 4.78 is 41.3. The Kier molecular flexibility index (Phi) is 5.24. The fraction of sp³-hybridized carbons (Fsp3) is 0.909. The fourth-order valence-electron chi connectivity index (χ4n) is 2.03. The molecule has 1 heterocycles. The number of carbonyl (C=O) groups excluding carboxylic acids is 1. The Morgan fingerprint density at radius 2 is 2.12 bits per heavy atom. The van der Waals surface area contributed by atoms with Gasteiger partial charge in [-0.3, -0.25) is 9.69 Å². The van der Waals surface area contributed by atoms with Crippen LogP contribution < -0.4 is 0 Å². The number of piperidine rings is 1. The quantitative estimate of drug-likeness (QED) is 0.720. The molecule has 1 saturated heterocycles. The minimum Gasteiger partial charge on any atom is -0.465 e. The van der Waals surface area contributed by atoms with Gasteiger partial charge in [-0.25, -0.2) is 0 Å². The van der Waals surface area contributed by atoms with E-state index in [9.17, 15) is 18.0 Å².